The monoisotopic (exact) mass is 678 g/mol. The molecule has 2 aromatic heterocycles. The van der Waals surface area contributed by atoms with E-state index in [1.165, 1.54) is 5.56 Å². The van der Waals surface area contributed by atoms with Gasteiger partial charge in [-0.3, -0.25) is 19.7 Å². The highest BCUT2D eigenvalue weighted by Gasteiger charge is 2.48. The molecule has 2 saturated heterocycles. The number of likely N-dealkylation sites (tertiary alicyclic amines) is 2. The number of piperidine rings is 1. The number of alkyl halides is 9. The quantitative estimate of drug-likeness (QED) is 0.396. The standard InChI is InChI=1S/C20H24N4O.3C2HF3O2/c25-19-20(7-13-24(19)15-18-4-10-22-11-5-18)6-1-12-23(16-20)14-17-2-8-21-9-3-17;3*3-2(4,5)1(6)7/h2-5,8-11H,1,6-7,12-16H2;3*(H,6,7). The minimum atomic E-state index is -5.08. The van der Waals surface area contributed by atoms with E-state index < -0.39 is 36.4 Å². The van der Waals surface area contributed by atoms with Crippen molar-refractivity contribution in [3.05, 3.63) is 60.2 Å². The van der Waals surface area contributed by atoms with Crippen LogP contribution in [-0.4, -0.2) is 97.1 Å². The number of halogens is 9. The third kappa shape index (κ3) is 13.7. The first-order valence-electron chi connectivity index (χ1n) is 12.8. The van der Waals surface area contributed by atoms with E-state index in [9.17, 15) is 44.3 Å². The zero-order chi connectivity index (χ0) is 35.3. The van der Waals surface area contributed by atoms with Gasteiger partial charge in [-0.05, 0) is 61.2 Å². The first-order valence-corrected chi connectivity index (χ1v) is 12.8. The zero-order valence-corrected chi connectivity index (χ0v) is 23.4. The van der Waals surface area contributed by atoms with E-state index in [1.807, 2.05) is 29.4 Å². The van der Waals surface area contributed by atoms with Crippen LogP contribution in [0, 0.1) is 5.41 Å². The molecule has 0 bridgehead atoms. The highest BCUT2D eigenvalue weighted by atomic mass is 19.4. The van der Waals surface area contributed by atoms with Crippen LogP contribution in [0.2, 0.25) is 0 Å². The van der Waals surface area contributed by atoms with E-state index in [1.54, 1.807) is 12.4 Å². The molecule has 0 aromatic carbocycles. The molecule has 2 aromatic rings. The van der Waals surface area contributed by atoms with Crippen molar-refractivity contribution in [3.8, 4) is 0 Å². The maximum Gasteiger partial charge on any atom is 0.490 e. The number of carbonyl (C=O) groups excluding carboxylic acids is 1. The molecular weight excluding hydrogens is 651 g/mol. The summed E-state index contributed by atoms with van der Waals surface area (Å²) in [5, 5.41) is 21.4. The summed E-state index contributed by atoms with van der Waals surface area (Å²) < 4.78 is 95.2. The summed E-state index contributed by atoms with van der Waals surface area (Å²) in [4.78, 5) is 52.5. The second kappa shape index (κ2) is 16.7. The second-order valence-electron chi connectivity index (χ2n) is 9.69. The van der Waals surface area contributed by atoms with Crippen molar-refractivity contribution < 1.29 is 74.0 Å². The fourth-order valence-electron chi connectivity index (χ4n) is 4.24. The summed E-state index contributed by atoms with van der Waals surface area (Å²) in [5.74, 6) is -7.93. The van der Waals surface area contributed by atoms with Gasteiger partial charge in [-0.1, -0.05) is 0 Å². The van der Waals surface area contributed by atoms with Crippen molar-refractivity contribution >= 4 is 23.8 Å². The number of rotatable bonds is 4. The highest BCUT2D eigenvalue weighted by molar-refractivity contribution is 5.85. The van der Waals surface area contributed by atoms with Gasteiger partial charge in [0.15, 0.2) is 0 Å². The Labute approximate surface area is 254 Å². The molecule has 2 aliphatic rings. The Morgan fingerprint density at radius 1 is 0.674 bits per heavy atom. The third-order valence-electron chi connectivity index (χ3n) is 6.26. The van der Waals surface area contributed by atoms with Gasteiger partial charge in [0.1, 0.15) is 0 Å². The summed E-state index contributed by atoms with van der Waals surface area (Å²) in [6.07, 6.45) is -4.89. The number of amides is 1. The van der Waals surface area contributed by atoms with Gasteiger partial charge in [0.2, 0.25) is 5.91 Å². The molecule has 3 N–H and O–H groups in total. The number of aliphatic carboxylic acids is 3. The second-order valence-corrected chi connectivity index (χ2v) is 9.69. The fourth-order valence-corrected chi connectivity index (χ4v) is 4.24. The Morgan fingerprint density at radius 2 is 1.04 bits per heavy atom. The zero-order valence-electron chi connectivity index (χ0n) is 23.4. The predicted molar refractivity (Wildman–Crippen MR) is 137 cm³/mol. The number of hydrogen-bond donors (Lipinski definition) is 3. The van der Waals surface area contributed by atoms with E-state index in [2.05, 4.69) is 27.0 Å². The number of carboxylic acids is 3. The summed E-state index contributed by atoms with van der Waals surface area (Å²) in [6, 6.07) is 8.12. The van der Waals surface area contributed by atoms with Crippen LogP contribution in [-0.2, 0) is 32.3 Å². The van der Waals surface area contributed by atoms with Crippen LogP contribution in [0.4, 0.5) is 39.5 Å². The molecule has 2 aliphatic heterocycles. The third-order valence-corrected chi connectivity index (χ3v) is 6.26. The lowest BCUT2D eigenvalue weighted by atomic mass is 9.78. The molecule has 1 spiro atoms. The number of aromatic nitrogens is 2. The number of carbonyl (C=O) groups is 4. The van der Waals surface area contributed by atoms with Crippen LogP contribution < -0.4 is 0 Å². The maximum absolute atomic E-state index is 13.2. The van der Waals surface area contributed by atoms with Crippen LogP contribution in [0.15, 0.2) is 49.1 Å². The van der Waals surface area contributed by atoms with Gasteiger partial charge >= 0.3 is 36.4 Å². The minimum Gasteiger partial charge on any atom is -0.475 e. The van der Waals surface area contributed by atoms with Gasteiger partial charge < -0.3 is 20.2 Å². The molecule has 256 valence electrons. The molecule has 4 heterocycles. The summed E-state index contributed by atoms with van der Waals surface area (Å²) >= 11 is 0. The summed E-state index contributed by atoms with van der Waals surface area (Å²) in [6.45, 7) is 4.42. The Bertz CT molecular complexity index is 1240. The van der Waals surface area contributed by atoms with Crippen molar-refractivity contribution in [2.45, 2.75) is 50.9 Å². The number of pyridine rings is 2. The van der Waals surface area contributed by atoms with Gasteiger partial charge in [-0.2, -0.15) is 39.5 Å². The van der Waals surface area contributed by atoms with E-state index >= 15 is 0 Å². The lowest BCUT2D eigenvalue weighted by molar-refractivity contribution is -0.193. The lowest BCUT2D eigenvalue weighted by Gasteiger charge is -2.39. The van der Waals surface area contributed by atoms with Crippen LogP contribution in [0.5, 0.6) is 0 Å². The Hall–Kier alpha value is -4.49. The smallest absolute Gasteiger partial charge is 0.475 e. The van der Waals surface area contributed by atoms with E-state index in [4.69, 9.17) is 29.7 Å². The van der Waals surface area contributed by atoms with Crippen molar-refractivity contribution in [2.24, 2.45) is 5.41 Å². The SMILES string of the molecule is O=C(O)C(F)(F)F.O=C(O)C(F)(F)F.O=C(O)C(F)(F)F.O=C1N(Cc2ccncc2)CCC12CCCN(Cc1ccncc1)C2. The highest BCUT2D eigenvalue weighted by Crippen LogP contribution is 2.41. The molecule has 1 amide bonds. The van der Waals surface area contributed by atoms with E-state index in [-0.39, 0.29) is 5.41 Å². The number of carboxylic acid groups (broad SMARTS) is 3. The van der Waals surface area contributed by atoms with Crippen LogP contribution in [0.25, 0.3) is 0 Å². The van der Waals surface area contributed by atoms with Gasteiger partial charge in [-0.25, -0.2) is 14.4 Å². The Morgan fingerprint density at radius 3 is 1.41 bits per heavy atom. The summed E-state index contributed by atoms with van der Waals surface area (Å²) in [7, 11) is 0. The summed E-state index contributed by atoms with van der Waals surface area (Å²) in [5.41, 5.74) is 2.24. The van der Waals surface area contributed by atoms with Crippen molar-refractivity contribution in [2.75, 3.05) is 19.6 Å². The molecule has 4 rings (SSSR count). The molecule has 0 saturated carbocycles. The van der Waals surface area contributed by atoms with E-state index in [0.29, 0.717) is 12.5 Å². The number of hydrogen-bond acceptors (Lipinski definition) is 7. The van der Waals surface area contributed by atoms with Gasteiger partial charge in [0, 0.05) is 51.0 Å². The Kier molecular flexibility index (Phi) is 14.4. The molecule has 0 aliphatic carbocycles. The molecule has 2 fully saturated rings. The molecule has 11 nitrogen and oxygen atoms in total. The lowest BCUT2D eigenvalue weighted by Crippen LogP contribution is -2.47. The van der Waals surface area contributed by atoms with Gasteiger partial charge in [0.25, 0.3) is 0 Å². The average molecular weight is 679 g/mol. The molecular formula is C26H27F9N4O7. The normalized spacial score (nSPS) is 18.3. The van der Waals surface area contributed by atoms with Gasteiger partial charge in [-0.15, -0.1) is 0 Å². The number of nitrogens with zero attached hydrogens (tertiary/aromatic N) is 4. The Balaban J connectivity index is 0.000000413. The van der Waals surface area contributed by atoms with Crippen molar-refractivity contribution in [1.29, 1.82) is 0 Å². The average Bonchev–Trinajstić information content (AvgIpc) is 3.23. The molecule has 0 radical (unpaired) electrons. The minimum absolute atomic E-state index is 0.182. The molecule has 1 atom stereocenters. The largest absolute Gasteiger partial charge is 0.490 e. The first kappa shape index (κ1) is 39.5. The van der Waals surface area contributed by atoms with Crippen molar-refractivity contribution in [3.63, 3.8) is 0 Å². The fraction of sp³-hybridized carbons (Fsp3) is 0.462. The molecule has 20 heteroatoms. The van der Waals surface area contributed by atoms with Crippen LogP contribution >= 0.6 is 0 Å². The maximum atomic E-state index is 13.2. The van der Waals surface area contributed by atoms with Crippen LogP contribution in [0.1, 0.15) is 30.4 Å². The first-order chi connectivity index (χ1) is 21.1. The van der Waals surface area contributed by atoms with Crippen LogP contribution in [0.3, 0.4) is 0 Å². The molecule has 46 heavy (non-hydrogen) atoms. The van der Waals surface area contributed by atoms with E-state index in [0.717, 1.165) is 51.0 Å². The van der Waals surface area contributed by atoms with Crippen molar-refractivity contribution in [1.82, 2.24) is 19.8 Å². The predicted octanol–water partition coefficient (Wildman–Crippen LogP) is 4.39. The van der Waals surface area contributed by atoms with Gasteiger partial charge in [0.05, 0.1) is 5.41 Å². The molecule has 1 unspecified atom stereocenters. The topological polar surface area (TPSA) is 161 Å².